The van der Waals surface area contributed by atoms with Crippen molar-refractivity contribution in [2.24, 2.45) is 7.05 Å². The van der Waals surface area contributed by atoms with Crippen LogP contribution in [-0.4, -0.2) is 16.6 Å². The van der Waals surface area contributed by atoms with Gasteiger partial charge in [-0.25, -0.2) is 0 Å². The van der Waals surface area contributed by atoms with Crippen LogP contribution in [-0.2, 0) is 20.0 Å². The van der Waals surface area contributed by atoms with Gasteiger partial charge in [-0.15, -0.1) is 0 Å². The fourth-order valence-corrected chi connectivity index (χ4v) is 2.56. The SMILES string of the molecule is C[C@H]1Cc2cc(CNC(=O)c3cccn3C)ccc2O1. The molecule has 1 aromatic heterocycles. The van der Waals surface area contributed by atoms with E-state index >= 15 is 0 Å². The quantitative estimate of drug-likeness (QED) is 0.930. The normalized spacial score (nSPS) is 16.6. The molecule has 0 radical (unpaired) electrons. The molecule has 1 aliphatic heterocycles. The average Bonchev–Trinajstić information content (AvgIpc) is 3.00. The first-order chi connectivity index (χ1) is 9.63. The van der Waals surface area contributed by atoms with E-state index < -0.39 is 0 Å². The fraction of sp³-hybridized carbons (Fsp3) is 0.312. The van der Waals surface area contributed by atoms with Gasteiger partial charge < -0.3 is 14.6 Å². The van der Waals surface area contributed by atoms with Crippen LogP contribution < -0.4 is 10.1 Å². The van der Waals surface area contributed by atoms with Crippen LogP contribution >= 0.6 is 0 Å². The van der Waals surface area contributed by atoms with E-state index in [9.17, 15) is 4.79 Å². The zero-order chi connectivity index (χ0) is 14.1. The Bertz CT molecular complexity index is 646. The number of carbonyl (C=O) groups excluding carboxylic acids is 1. The van der Waals surface area contributed by atoms with Crippen molar-refractivity contribution in [1.82, 2.24) is 9.88 Å². The van der Waals surface area contributed by atoms with Crippen LogP contribution in [0, 0.1) is 0 Å². The summed E-state index contributed by atoms with van der Waals surface area (Å²) in [5.74, 6) is 0.914. The van der Waals surface area contributed by atoms with Crippen LogP contribution in [0.2, 0.25) is 0 Å². The highest BCUT2D eigenvalue weighted by Gasteiger charge is 2.19. The van der Waals surface area contributed by atoms with Crippen molar-refractivity contribution in [3.8, 4) is 5.75 Å². The number of nitrogens with one attached hydrogen (secondary N) is 1. The third-order valence-corrected chi connectivity index (χ3v) is 3.59. The van der Waals surface area contributed by atoms with Crippen molar-refractivity contribution < 1.29 is 9.53 Å². The molecule has 0 aliphatic carbocycles. The zero-order valence-corrected chi connectivity index (χ0v) is 11.7. The molecule has 4 heteroatoms. The minimum Gasteiger partial charge on any atom is -0.490 e. The van der Waals surface area contributed by atoms with E-state index in [0.29, 0.717) is 12.2 Å². The van der Waals surface area contributed by atoms with E-state index in [0.717, 1.165) is 17.7 Å². The lowest BCUT2D eigenvalue weighted by Gasteiger charge is -2.07. The van der Waals surface area contributed by atoms with Crippen molar-refractivity contribution in [2.45, 2.75) is 26.0 Å². The number of carbonyl (C=O) groups is 1. The van der Waals surface area contributed by atoms with Gasteiger partial charge >= 0.3 is 0 Å². The van der Waals surface area contributed by atoms with Crippen LogP contribution in [0.3, 0.4) is 0 Å². The number of aryl methyl sites for hydroxylation is 1. The molecule has 0 saturated heterocycles. The molecule has 3 rings (SSSR count). The second-order valence-electron chi connectivity index (χ2n) is 5.26. The Morgan fingerprint density at radius 1 is 1.45 bits per heavy atom. The number of fused-ring (bicyclic) bond motifs is 1. The van der Waals surface area contributed by atoms with E-state index in [1.165, 1.54) is 5.56 Å². The van der Waals surface area contributed by atoms with Crippen molar-refractivity contribution in [1.29, 1.82) is 0 Å². The predicted octanol–water partition coefficient (Wildman–Crippen LogP) is 2.28. The predicted molar refractivity (Wildman–Crippen MR) is 76.8 cm³/mol. The summed E-state index contributed by atoms with van der Waals surface area (Å²) < 4.78 is 7.48. The number of amides is 1. The van der Waals surface area contributed by atoms with Gasteiger partial charge in [-0.05, 0) is 36.2 Å². The minimum atomic E-state index is -0.0531. The largest absolute Gasteiger partial charge is 0.490 e. The molecule has 4 nitrogen and oxygen atoms in total. The summed E-state index contributed by atoms with van der Waals surface area (Å²) in [5, 5.41) is 2.94. The average molecular weight is 270 g/mol. The molecule has 0 fully saturated rings. The molecule has 0 saturated carbocycles. The molecule has 1 aliphatic rings. The third-order valence-electron chi connectivity index (χ3n) is 3.59. The lowest BCUT2D eigenvalue weighted by atomic mass is 10.1. The lowest BCUT2D eigenvalue weighted by Crippen LogP contribution is -2.24. The summed E-state index contributed by atoms with van der Waals surface area (Å²) >= 11 is 0. The second kappa shape index (κ2) is 5.04. The van der Waals surface area contributed by atoms with E-state index in [4.69, 9.17) is 4.74 Å². The van der Waals surface area contributed by atoms with Crippen LogP contribution in [0.1, 0.15) is 28.5 Å². The number of aromatic nitrogens is 1. The van der Waals surface area contributed by atoms with Crippen molar-refractivity contribution in [2.75, 3.05) is 0 Å². The van der Waals surface area contributed by atoms with E-state index in [1.807, 2.05) is 42.1 Å². The highest BCUT2D eigenvalue weighted by molar-refractivity contribution is 5.92. The van der Waals surface area contributed by atoms with Gasteiger partial charge in [0, 0.05) is 26.2 Å². The maximum absolute atomic E-state index is 12.0. The lowest BCUT2D eigenvalue weighted by molar-refractivity contribution is 0.0943. The summed E-state index contributed by atoms with van der Waals surface area (Å²) in [6.45, 7) is 2.60. The molecule has 2 aromatic rings. The van der Waals surface area contributed by atoms with Crippen molar-refractivity contribution in [3.63, 3.8) is 0 Å². The number of ether oxygens (including phenoxy) is 1. The maximum atomic E-state index is 12.0. The van der Waals surface area contributed by atoms with Gasteiger partial charge in [0.2, 0.25) is 0 Å². The van der Waals surface area contributed by atoms with Gasteiger partial charge in [-0.1, -0.05) is 12.1 Å². The van der Waals surface area contributed by atoms with Gasteiger partial charge in [-0.3, -0.25) is 4.79 Å². The number of nitrogens with zero attached hydrogens (tertiary/aromatic N) is 1. The minimum absolute atomic E-state index is 0.0531. The summed E-state index contributed by atoms with van der Waals surface area (Å²) in [6.07, 6.45) is 3.05. The fourth-order valence-electron chi connectivity index (χ4n) is 2.56. The Morgan fingerprint density at radius 2 is 2.30 bits per heavy atom. The number of benzene rings is 1. The van der Waals surface area contributed by atoms with Crippen LogP contribution in [0.15, 0.2) is 36.5 Å². The molecule has 104 valence electrons. The molecule has 1 aromatic carbocycles. The molecular weight excluding hydrogens is 252 g/mol. The molecule has 0 bridgehead atoms. The van der Waals surface area contributed by atoms with Crippen molar-refractivity contribution in [3.05, 3.63) is 53.3 Å². The second-order valence-corrected chi connectivity index (χ2v) is 5.26. The Morgan fingerprint density at radius 3 is 3.05 bits per heavy atom. The molecule has 2 heterocycles. The summed E-state index contributed by atoms with van der Waals surface area (Å²) in [5.41, 5.74) is 3.00. The first-order valence-corrected chi connectivity index (χ1v) is 6.81. The van der Waals surface area contributed by atoms with Gasteiger partial charge in [0.1, 0.15) is 17.5 Å². The highest BCUT2D eigenvalue weighted by atomic mass is 16.5. The topological polar surface area (TPSA) is 43.3 Å². The first kappa shape index (κ1) is 12.8. The number of rotatable bonds is 3. The number of hydrogen-bond donors (Lipinski definition) is 1. The Hall–Kier alpha value is -2.23. The van der Waals surface area contributed by atoms with E-state index in [-0.39, 0.29) is 12.0 Å². The molecule has 20 heavy (non-hydrogen) atoms. The van der Waals surface area contributed by atoms with Crippen LogP contribution in [0.5, 0.6) is 5.75 Å². The summed E-state index contributed by atoms with van der Waals surface area (Å²) in [6, 6.07) is 9.78. The molecule has 1 N–H and O–H groups in total. The molecule has 0 spiro atoms. The van der Waals surface area contributed by atoms with E-state index in [2.05, 4.69) is 18.3 Å². The third kappa shape index (κ3) is 2.41. The van der Waals surface area contributed by atoms with Gasteiger partial charge in [0.25, 0.3) is 5.91 Å². The summed E-state index contributed by atoms with van der Waals surface area (Å²) in [4.78, 5) is 12.0. The van der Waals surface area contributed by atoms with Gasteiger partial charge in [0.05, 0.1) is 0 Å². The van der Waals surface area contributed by atoms with Gasteiger partial charge in [0.15, 0.2) is 0 Å². The summed E-state index contributed by atoms with van der Waals surface area (Å²) in [7, 11) is 1.86. The number of hydrogen-bond acceptors (Lipinski definition) is 2. The molecule has 0 unspecified atom stereocenters. The van der Waals surface area contributed by atoms with E-state index in [1.54, 1.807) is 0 Å². The molecular formula is C16H18N2O2. The monoisotopic (exact) mass is 270 g/mol. The standard InChI is InChI=1S/C16H18N2O2/c1-11-8-13-9-12(5-6-15(13)20-11)10-17-16(19)14-4-3-7-18(14)2/h3-7,9,11H,8,10H2,1-2H3,(H,17,19)/t11-/m0/s1. The first-order valence-electron chi connectivity index (χ1n) is 6.81. The Labute approximate surface area is 118 Å². The Balaban J connectivity index is 1.66. The van der Waals surface area contributed by atoms with Gasteiger partial charge in [-0.2, -0.15) is 0 Å². The Kier molecular flexibility index (Phi) is 3.22. The molecule has 1 amide bonds. The smallest absolute Gasteiger partial charge is 0.268 e. The maximum Gasteiger partial charge on any atom is 0.268 e. The van der Waals surface area contributed by atoms with Crippen LogP contribution in [0.4, 0.5) is 0 Å². The molecule has 1 atom stereocenters. The van der Waals surface area contributed by atoms with Crippen LogP contribution in [0.25, 0.3) is 0 Å². The highest BCUT2D eigenvalue weighted by Crippen LogP contribution is 2.29. The van der Waals surface area contributed by atoms with Crippen molar-refractivity contribution >= 4 is 5.91 Å². The zero-order valence-electron chi connectivity index (χ0n) is 11.7.